The average Bonchev–Trinajstić information content (AvgIpc) is 3.11. The molecule has 1 aliphatic rings. The molecule has 8 heteroatoms. The molecule has 0 radical (unpaired) electrons. The maximum absolute atomic E-state index is 13.1. The number of aryl methyl sites for hydroxylation is 1. The highest BCUT2D eigenvalue weighted by Crippen LogP contribution is 2.32. The summed E-state index contributed by atoms with van der Waals surface area (Å²) in [4.78, 5) is 13.0. The third-order valence-electron chi connectivity index (χ3n) is 5.11. The number of carbonyl (C=O) groups is 1. The van der Waals surface area contributed by atoms with Gasteiger partial charge in [-0.3, -0.25) is 10.2 Å². The Morgan fingerprint density at radius 1 is 1.19 bits per heavy atom. The van der Waals surface area contributed by atoms with E-state index in [1.54, 1.807) is 30.3 Å². The van der Waals surface area contributed by atoms with Crippen LogP contribution in [0, 0.1) is 12.7 Å². The molecule has 0 unspecified atom stereocenters. The fraction of sp³-hybridized carbons (Fsp3) is 0.217. The monoisotopic (exact) mass is 441 g/mol. The largest absolute Gasteiger partial charge is 0.495 e. The summed E-state index contributed by atoms with van der Waals surface area (Å²) >= 11 is 6.06. The van der Waals surface area contributed by atoms with Crippen LogP contribution in [0.15, 0.2) is 52.0 Å². The summed E-state index contributed by atoms with van der Waals surface area (Å²) in [5, 5.41) is 7.79. The lowest BCUT2D eigenvalue weighted by molar-refractivity contribution is 0.0993. The van der Waals surface area contributed by atoms with Crippen LogP contribution in [0.5, 0.6) is 5.75 Å². The third kappa shape index (κ3) is 4.41. The molecule has 0 saturated carbocycles. The van der Waals surface area contributed by atoms with Crippen molar-refractivity contribution >= 4 is 34.6 Å². The number of hydrogen-bond donors (Lipinski definition) is 2. The molecule has 2 aromatic carbocycles. The van der Waals surface area contributed by atoms with Crippen molar-refractivity contribution < 1.29 is 18.3 Å². The highest BCUT2D eigenvalue weighted by Gasteiger charge is 2.28. The highest BCUT2D eigenvalue weighted by molar-refractivity contribution is 6.31. The summed E-state index contributed by atoms with van der Waals surface area (Å²) in [5.74, 6) is 0.752. The van der Waals surface area contributed by atoms with Crippen LogP contribution < -0.4 is 15.5 Å². The van der Waals surface area contributed by atoms with Gasteiger partial charge in [0, 0.05) is 22.6 Å². The lowest BCUT2D eigenvalue weighted by Gasteiger charge is -2.13. The number of benzene rings is 2. The first-order valence-corrected chi connectivity index (χ1v) is 10.2. The lowest BCUT2D eigenvalue weighted by atomic mass is 9.93. The van der Waals surface area contributed by atoms with E-state index >= 15 is 0 Å². The van der Waals surface area contributed by atoms with Crippen LogP contribution in [0.2, 0.25) is 5.02 Å². The summed E-state index contributed by atoms with van der Waals surface area (Å²) in [5.41, 5.74) is 6.44. The Balaban J connectivity index is 1.61. The van der Waals surface area contributed by atoms with Gasteiger partial charge in [-0.1, -0.05) is 11.6 Å². The number of nitrogens with one attached hydrogen (secondary N) is 2. The van der Waals surface area contributed by atoms with Gasteiger partial charge in [-0.15, -0.1) is 0 Å². The van der Waals surface area contributed by atoms with E-state index in [4.69, 9.17) is 20.8 Å². The Hall–Kier alpha value is -3.32. The molecule has 4 rings (SSSR count). The van der Waals surface area contributed by atoms with E-state index < -0.39 is 5.91 Å². The molecule has 160 valence electrons. The number of ether oxygens (including phenoxy) is 1. The molecule has 0 aliphatic heterocycles. The Bertz CT molecular complexity index is 1160. The fourth-order valence-corrected chi connectivity index (χ4v) is 3.78. The van der Waals surface area contributed by atoms with Crippen molar-refractivity contribution in [2.45, 2.75) is 26.2 Å². The van der Waals surface area contributed by atoms with Crippen LogP contribution in [0.25, 0.3) is 0 Å². The van der Waals surface area contributed by atoms with Gasteiger partial charge < -0.3 is 14.5 Å². The van der Waals surface area contributed by atoms with Gasteiger partial charge in [0.05, 0.1) is 24.2 Å². The van der Waals surface area contributed by atoms with E-state index in [9.17, 15) is 9.18 Å². The Morgan fingerprint density at radius 3 is 2.71 bits per heavy atom. The van der Waals surface area contributed by atoms with Crippen molar-refractivity contribution in [2.75, 3.05) is 17.9 Å². The highest BCUT2D eigenvalue weighted by atomic mass is 35.5. The predicted octanol–water partition coefficient (Wildman–Crippen LogP) is 5.79. The minimum absolute atomic E-state index is 0.225. The van der Waals surface area contributed by atoms with Gasteiger partial charge in [0.25, 0.3) is 5.91 Å². The summed E-state index contributed by atoms with van der Waals surface area (Å²) in [6, 6.07) is 10.9. The number of nitrogens with zero attached hydrogens (tertiary/aromatic N) is 1. The number of methoxy groups -OCH3 is 1. The second-order valence-corrected chi connectivity index (χ2v) is 7.62. The van der Waals surface area contributed by atoms with Crippen molar-refractivity contribution in [1.29, 1.82) is 0 Å². The second-order valence-electron chi connectivity index (χ2n) is 7.18. The van der Waals surface area contributed by atoms with Crippen LogP contribution in [0.4, 0.5) is 15.8 Å². The molecule has 0 spiro atoms. The molecular weight excluding hydrogens is 421 g/mol. The van der Waals surface area contributed by atoms with Crippen molar-refractivity contribution in [1.82, 2.24) is 0 Å². The molecule has 0 bridgehead atoms. The number of amides is 1. The SMILES string of the molecule is COc1ccc(Cl)cc1NC(=O)c1oc2c(c1C)/C(=N/Nc1ccc(F)cc1)CCC2. The van der Waals surface area contributed by atoms with E-state index in [1.807, 2.05) is 6.92 Å². The molecule has 6 nitrogen and oxygen atoms in total. The predicted molar refractivity (Wildman–Crippen MR) is 119 cm³/mol. The zero-order valence-corrected chi connectivity index (χ0v) is 17.8. The summed E-state index contributed by atoms with van der Waals surface area (Å²) < 4.78 is 24.3. The molecule has 31 heavy (non-hydrogen) atoms. The van der Waals surface area contributed by atoms with E-state index in [1.165, 1.54) is 19.2 Å². The van der Waals surface area contributed by atoms with Crippen LogP contribution in [0.3, 0.4) is 0 Å². The van der Waals surface area contributed by atoms with Crippen LogP contribution in [-0.4, -0.2) is 18.7 Å². The molecule has 0 fully saturated rings. The Kier molecular flexibility index (Phi) is 5.95. The first kappa shape index (κ1) is 20.9. The second kappa shape index (κ2) is 8.81. The summed E-state index contributed by atoms with van der Waals surface area (Å²) in [6.45, 7) is 1.84. The van der Waals surface area contributed by atoms with Crippen LogP contribution >= 0.6 is 11.6 Å². The molecule has 1 heterocycles. The lowest BCUT2D eigenvalue weighted by Crippen LogP contribution is -2.15. The fourth-order valence-electron chi connectivity index (χ4n) is 3.61. The minimum Gasteiger partial charge on any atom is -0.495 e. The van der Waals surface area contributed by atoms with Gasteiger partial charge in [-0.25, -0.2) is 4.39 Å². The standard InChI is InChI=1S/C23H21ClFN3O3/c1-13-21-17(28-27-16-9-7-15(25)8-10-16)4-3-5-20(21)31-22(13)23(29)26-18-12-14(24)6-11-19(18)30-2/h6-12,27H,3-5H2,1-2H3,(H,26,29)/b28-17+. The van der Waals surface area contributed by atoms with E-state index in [-0.39, 0.29) is 11.6 Å². The molecule has 2 N–H and O–H groups in total. The topological polar surface area (TPSA) is 75.9 Å². The number of hydrogen-bond acceptors (Lipinski definition) is 5. The van der Waals surface area contributed by atoms with Crippen LogP contribution in [-0.2, 0) is 6.42 Å². The molecule has 1 aliphatic carbocycles. The summed E-state index contributed by atoms with van der Waals surface area (Å²) in [7, 11) is 1.52. The maximum atomic E-state index is 13.1. The number of hydrazone groups is 1. The number of rotatable bonds is 5. The Labute approximate surface area is 184 Å². The van der Waals surface area contributed by atoms with E-state index in [0.717, 1.165) is 36.3 Å². The van der Waals surface area contributed by atoms with Gasteiger partial charge in [0.1, 0.15) is 17.3 Å². The number of anilines is 2. The number of furan rings is 1. The zero-order valence-electron chi connectivity index (χ0n) is 17.1. The van der Waals surface area contributed by atoms with Crippen molar-refractivity contribution in [3.8, 4) is 5.75 Å². The van der Waals surface area contributed by atoms with Gasteiger partial charge in [0.2, 0.25) is 0 Å². The number of carbonyl (C=O) groups excluding carboxylic acids is 1. The molecule has 0 saturated heterocycles. The molecule has 1 aromatic heterocycles. The van der Waals surface area contributed by atoms with Crippen molar-refractivity contribution in [3.05, 3.63) is 76.0 Å². The van der Waals surface area contributed by atoms with Gasteiger partial charge in [-0.2, -0.15) is 5.10 Å². The first-order chi connectivity index (χ1) is 15.0. The zero-order chi connectivity index (χ0) is 22.0. The summed E-state index contributed by atoms with van der Waals surface area (Å²) in [6.07, 6.45) is 2.32. The van der Waals surface area contributed by atoms with Crippen molar-refractivity contribution in [2.24, 2.45) is 5.10 Å². The normalized spacial score (nSPS) is 14.3. The van der Waals surface area contributed by atoms with E-state index in [0.29, 0.717) is 27.7 Å². The molecule has 1 amide bonds. The minimum atomic E-state index is -0.390. The van der Waals surface area contributed by atoms with Gasteiger partial charge in [0.15, 0.2) is 5.76 Å². The Morgan fingerprint density at radius 2 is 1.97 bits per heavy atom. The number of halogens is 2. The van der Waals surface area contributed by atoms with Gasteiger partial charge >= 0.3 is 0 Å². The third-order valence-corrected chi connectivity index (χ3v) is 5.34. The quantitative estimate of drug-likeness (QED) is 0.491. The smallest absolute Gasteiger partial charge is 0.291 e. The van der Waals surface area contributed by atoms with Gasteiger partial charge in [-0.05, 0) is 62.2 Å². The number of fused-ring (bicyclic) bond motifs is 1. The molecule has 3 aromatic rings. The van der Waals surface area contributed by atoms with Crippen molar-refractivity contribution in [3.63, 3.8) is 0 Å². The van der Waals surface area contributed by atoms with E-state index in [2.05, 4.69) is 15.8 Å². The van der Waals surface area contributed by atoms with Crippen LogP contribution in [0.1, 0.15) is 40.3 Å². The molecule has 0 atom stereocenters. The molecular formula is C23H21ClFN3O3. The first-order valence-electron chi connectivity index (χ1n) is 9.82. The maximum Gasteiger partial charge on any atom is 0.291 e. The average molecular weight is 442 g/mol.